The van der Waals surface area contributed by atoms with Crippen LogP contribution in [0.5, 0.6) is 11.5 Å². The molecule has 1 amide bonds. The van der Waals surface area contributed by atoms with Crippen LogP contribution >= 0.6 is 11.6 Å². The first-order chi connectivity index (χ1) is 12.3. The zero-order chi connectivity index (χ0) is 19.3. The molecule has 1 aromatic rings. The first-order valence-corrected chi connectivity index (χ1v) is 8.93. The highest BCUT2D eigenvalue weighted by Crippen LogP contribution is 2.37. The van der Waals surface area contributed by atoms with Crippen molar-refractivity contribution in [2.75, 3.05) is 20.2 Å². The standard InChI is InChI=1S/C19H24ClNO5/c1-12(2)26-18-15(20)10-13(11-16(18)25-3)4-5-17(22)21-8-6-14(7-9-21)19(23)24/h4-5,10-12,14H,6-9H2,1-3H3,(H,23,24). The molecule has 0 aliphatic carbocycles. The van der Waals surface area contributed by atoms with Gasteiger partial charge in [-0.2, -0.15) is 0 Å². The lowest BCUT2D eigenvalue weighted by atomic mass is 9.97. The average molecular weight is 382 g/mol. The smallest absolute Gasteiger partial charge is 0.306 e. The topological polar surface area (TPSA) is 76.1 Å². The second kappa shape index (κ2) is 8.94. The Hall–Kier alpha value is -2.21. The van der Waals surface area contributed by atoms with E-state index >= 15 is 0 Å². The van der Waals surface area contributed by atoms with Crippen molar-refractivity contribution in [2.24, 2.45) is 5.92 Å². The Morgan fingerprint density at radius 2 is 1.96 bits per heavy atom. The van der Waals surface area contributed by atoms with Gasteiger partial charge in [0, 0.05) is 19.2 Å². The van der Waals surface area contributed by atoms with Gasteiger partial charge in [-0.15, -0.1) is 0 Å². The van der Waals surface area contributed by atoms with E-state index < -0.39 is 5.97 Å². The minimum absolute atomic E-state index is 0.0434. The summed E-state index contributed by atoms with van der Waals surface area (Å²) in [7, 11) is 1.53. The third kappa shape index (κ3) is 5.14. The molecule has 142 valence electrons. The fraction of sp³-hybridized carbons (Fsp3) is 0.474. The highest BCUT2D eigenvalue weighted by Gasteiger charge is 2.26. The lowest BCUT2D eigenvalue weighted by Crippen LogP contribution is -2.39. The van der Waals surface area contributed by atoms with E-state index in [9.17, 15) is 9.59 Å². The Labute approximate surface area is 158 Å². The van der Waals surface area contributed by atoms with Gasteiger partial charge in [0.05, 0.1) is 24.2 Å². The van der Waals surface area contributed by atoms with E-state index in [4.69, 9.17) is 26.2 Å². The van der Waals surface area contributed by atoms with Gasteiger partial charge in [-0.1, -0.05) is 11.6 Å². The molecule has 26 heavy (non-hydrogen) atoms. The number of carboxylic acids is 1. The summed E-state index contributed by atoms with van der Waals surface area (Å²) in [5.41, 5.74) is 0.719. The molecule has 6 nitrogen and oxygen atoms in total. The van der Waals surface area contributed by atoms with Crippen LogP contribution in [0.4, 0.5) is 0 Å². The molecule has 0 aromatic heterocycles. The Balaban J connectivity index is 2.07. The van der Waals surface area contributed by atoms with Gasteiger partial charge in [0.2, 0.25) is 5.91 Å². The van der Waals surface area contributed by atoms with Crippen molar-refractivity contribution < 1.29 is 24.2 Å². The fourth-order valence-corrected chi connectivity index (χ4v) is 3.07. The second-order valence-corrected chi connectivity index (χ2v) is 6.88. The van der Waals surface area contributed by atoms with Crippen molar-refractivity contribution in [3.05, 3.63) is 28.8 Å². The van der Waals surface area contributed by atoms with E-state index in [1.54, 1.807) is 23.1 Å². The Kier molecular flexibility index (Phi) is 6.91. The summed E-state index contributed by atoms with van der Waals surface area (Å²) in [4.78, 5) is 24.9. The van der Waals surface area contributed by atoms with E-state index in [0.717, 1.165) is 5.56 Å². The van der Waals surface area contributed by atoms with Crippen LogP contribution in [-0.4, -0.2) is 48.2 Å². The third-order valence-electron chi connectivity index (χ3n) is 4.18. The lowest BCUT2D eigenvalue weighted by molar-refractivity contribution is -0.144. The maximum absolute atomic E-state index is 12.3. The Bertz CT molecular complexity index is 693. The van der Waals surface area contributed by atoms with Crippen LogP contribution in [-0.2, 0) is 9.59 Å². The van der Waals surface area contributed by atoms with Gasteiger partial charge in [0.15, 0.2) is 11.5 Å². The van der Waals surface area contributed by atoms with E-state index in [1.807, 2.05) is 13.8 Å². The molecule has 0 spiro atoms. The van der Waals surface area contributed by atoms with Crippen molar-refractivity contribution in [2.45, 2.75) is 32.8 Å². The first-order valence-electron chi connectivity index (χ1n) is 8.55. The first kappa shape index (κ1) is 20.1. The molecule has 7 heteroatoms. The Morgan fingerprint density at radius 3 is 2.50 bits per heavy atom. The number of piperidine rings is 1. The number of carbonyl (C=O) groups is 2. The van der Waals surface area contributed by atoms with Gasteiger partial charge in [0.1, 0.15) is 0 Å². The summed E-state index contributed by atoms with van der Waals surface area (Å²) >= 11 is 6.28. The number of ether oxygens (including phenoxy) is 2. The number of likely N-dealkylation sites (tertiary alicyclic amines) is 1. The van der Waals surface area contributed by atoms with Gasteiger partial charge in [-0.05, 0) is 50.5 Å². The number of benzene rings is 1. The minimum Gasteiger partial charge on any atom is -0.493 e. The van der Waals surface area contributed by atoms with Crippen LogP contribution in [0.25, 0.3) is 6.08 Å². The normalized spacial score (nSPS) is 15.5. The van der Waals surface area contributed by atoms with Gasteiger partial charge >= 0.3 is 5.97 Å². The van der Waals surface area contributed by atoms with E-state index in [2.05, 4.69) is 0 Å². The van der Waals surface area contributed by atoms with Crippen molar-refractivity contribution in [1.29, 1.82) is 0 Å². The molecule has 1 aliphatic rings. The summed E-state index contributed by atoms with van der Waals surface area (Å²) in [6.45, 7) is 4.70. The molecule has 1 aliphatic heterocycles. The molecule has 1 fully saturated rings. The summed E-state index contributed by atoms with van der Waals surface area (Å²) in [5.74, 6) is -0.326. The maximum atomic E-state index is 12.3. The van der Waals surface area contributed by atoms with Gasteiger partial charge in [-0.25, -0.2) is 0 Å². The number of rotatable bonds is 6. The highest BCUT2D eigenvalue weighted by atomic mass is 35.5. The van der Waals surface area contributed by atoms with Gasteiger partial charge in [-0.3, -0.25) is 9.59 Å². The maximum Gasteiger partial charge on any atom is 0.306 e. The van der Waals surface area contributed by atoms with Crippen LogP contribution in [0.1, 0.15) is 32.3 Å². The van der Waals surface area contributed by atoms with Crippen LogP contribution in [0.15, 0.2) is 18.2 Å². The van der Waals surface area contributed by atoms with Crippen LogP contribution in [0, 0.1) is 5.92 Å². The quantitative estimate of drug-likeness (QED) is 0.763. The molecule has 0 radical (unpaired) electrons. The number of hydrogen-bond donors (Lipinski definition) is 1. The molecule has 0 saturated carbocycles. The largest absolute Gasteiger partial charge is 0.493 e. The molecule has 1 saturated heterocycles. The number of methoxy groups -OCH3 is 1. The Morgan fingerprint density at radius 1 is 1.31 bits per heavy atom. The molecule has 1 aromatic carbocycles. The zero-order valence-corrected chi connectivity index (χ0v) is 16.0. The third-order valence-corrected chi connectivity index (χ3v) is 4.46. The fourth-order valence-electron chi connectivity index (χ4n) is 2.81. The number of carbonyl (C=O) groups excluding carboxylic acids is 1. The SMILES string of the molecule is COc1cc(C=CC(=O)N2CCC(C(=O)O)CC2)cc(Cl)c1OC(C)C. The van der Waals surface area contributed by atoms with E-state index in [1.165, 1.54) is 13.2 Å². The van der Waals surface area contributed by atoms with Crippen LogP contribution in [0.2, 0.25) is 5.02 Å². The van der Waals surface area contributed by atoms with Crippen molar-refractivity contribution in [3.63, 3.8) is 0 Å². The monoisotopic (exact) mass is 381 g/mol. The van der Waals surface area contributed by atoms with Crippen molar-refractivity contribution in [3.8, 4) is 11.5 Å². The van der Waals surface area contributed by atoms with Gasteiger partial charge < -0.3 is 19.5 Å². The second-order valence-electron chi connectivity index (χ2n) is 6.47. The van der Waals surface area contributed by atoms with Crippen molar-refractivity contribution >= 4 is 29.6 Å². The zero-order valence-electron chi connectivity index (χ0n) is 15.2. The highest BCUT2D eigenvalue weighted by molar-refractivity contribution is 6.32. The summed E-state index contributed by atoms with van der Waals surface area (Å²) in [5, 5.41) is 9.43. The molecule has 0 unspecified atom stereocenters. The number of amides is 1. The summed E-state index contributed by atoms with van der Waals surface area (Å²) < 4.78 is 11.0. The summed E-state index contributed by atoms with van der Waals surface area (Å²) in [6.07, 6.45) is 4.05. The molecule has 2 rings (SSSR count). The van der Waals surface area contributed by atoms with Crippen LogP contribution < -0.4 is 9.47 Å². The minimum atomic E-state index is -0.793. The predicted molar refractivity (Wildman–Crippen MR) is 99.7 cm³/mol. The number of halogens is 1. The molecular weight excluding hydrogens is 358 g/mol. The number of aliphatic carboxylic acids is 1. The molecule has 0 bridgehead atoms. The van der Waals surface area contributed by atoms with E-state index in [-0.39, 0.29) is 17.9 Å². The van der Waals surface area contributed by atoms with Crippen LogP contribution in [0.3, 0.4) is 0 Å². The lowest BCUT2D eigenvalue weighted by Gasteiger charge is -2.29. The number of carboxylic acid groups (broad SMARTS) is 1. The number of hydrogen-bond acceptors (Lipinski definition) is 4. The molecular formula is C19H24ClNO5. The summed E-state index contributed by atoms with van der Waals surface area (Å²) in [6, 6.07) is 3.46. The molecule has 1 N–H and O–H groups in total. The molecule has 1 heterocycles. The van der Waals surface area contributed by atoms with Gasteiger partial charge in [0.25, 0.3) is 0 Å². The predicted octanol–water partition coefficient (Wildman–Crippen LogP) is 3.47. The van der Waals surface area contributed by atoms with Crippen molar-refractivity contribution in [1.82, 2.24) is 4.90 Å². The number of nitrogens with zero attached hydrogens (tertiary/aromatic N) is 1. The average Bonchev–Trinajstić information content (AvgIpc) is 2.61. The van der Waals surface area contributed by atoms with E-state index in [0.29, 0.717) is 42.5 Å². The molecule has 0 atom stereocenters.